The largest absolute Gasteiger partial charge is 0.419 e. The highest BCUT2D eigenvalue weighted by Gasteiger charge is 2.18. The number of nitrogens with one attached hydrogen (secondary N) is 1. The number of aryl methyl sites for hydroxylation is 2. The standard InChI is InChI=1S/C24H30N4O2S/c1-3-12-28(16-23-26-27-24(30-23)21-9-6-13-31-21)15-22(29)25-17(2)19-11-10-18-7-4-5-8-20(18)14-19/h6,9-11,13-14,17H,3-5,7-8,12,15-16H2,1-2H3,(H,25,29). The van der Waals surface area contributed by atoms with Crippen molar-refractivity contribution >= 4 is 17.2 Å². The van der Waals surface area contributed by atoms with Crippen LogP contribution in [0, 0.1) is 0 Å². The molecule has 1 aliphatic rings. The van der Waals surface area contributed by atoms with Gasteiger partial charge in [-0.3, -0.25) is 9.69 Å². The molecule has 2 heterocycles. The fourth-order valence-corrected chi connectivity index (χ4v) is 4.78. The van der Waals surface area contributed by atoms with Crippen molar-refractivity contribution in [2.45, 2.75) is 58.5 Å². The van der Waals surface area contributed by atoms with E-state index in [1.807, 2.05) is 17.5 Å². The van der Waals surface area contributed by atoms with Crippen LogP contribution in [0.1, 0.15) is 61.7 Å². The lowest BCUT2D eigenvalue weighted by molar-refractivity contribution is -0.123. The molecule has 164 valence electrons. The number of carbonyl (C=O) groups excluding carboxylic acids is 1. The number of hydrogen-bond donors (Lipinski definition) is 1. The van der Waals surface area contributed by atoms with E-state index in [1.165, 1.54) is 36.0 Å². The Morgan fingerprint density at radius 2 is 2.06 bits per heavy atom. The van der Waals surface area contributed by atoms with E-state index in [0.717, 1.165) is 24.3 Å². The van der Waals surface area contributed by atoms with E-state index in [-0.39, 0.29) is 11.9 Å². The Bertz CT molecular complexity index is 999. The fraction of sp³-hybridized carbons (Fsp3) is 0.458. The first-order valence-electron chi connectivity index (χ1n) is 11.1. The van der Waals surface area contributed by atoms with Gasteiger partial charge in [-0.15, -0.1) is 21.5 Å². The summed E-state index contributed by atoms with van der Waals surface area (Å²) >= 11 is 1.57. The molecule has 1 aromatic carbocycles. The second-order valence-electron chi connectivity index (χ2n) is 8.21. The highest BCUT2D eigenvalue weighted by atomic mass is 32.1. The average Bonchev–Trinajstić information content (AvgIpc) is 3.45. The summed E-state index contributed by atoms with van der Waals surface area (Å²) in [5.41, 5.74) is 4.08. The first-order valence-corrected chi connectivity index (χ1v) is 12.0. The summed E-state index contributed by atoms with van der Waals surface area (Å²) in [7, 11) is 0. The van der Waals surface area contributed by atoms with Crippen molar-refractivity contribution in [2.75, 3.05) is 13.1 Å². The van der Waals surface area contributed by atoms with Gasteiger partial charge in [0, 0.05) is 0 Å². The van der Waals surface area contributed by atoms with Crippen LogP contribution in [-0.4, -0.2) is 34.1 Å². The van der Waals surface area contributed by atoms with Crippen molar-refractivity contribution in [1.82, 2.24) is 20.4 Å². The monoisotopic (exact) mass is 438 g/mol. The average molecular weight is 439 g/mol. The molecule has 1 amide bonds. The van der Waals surface area contributed by atoms with Gasteiger partial charge in [0.1, 0.15) is 0 Å². The van der Waals surface area contributed by atoms with Crippen LogP contribution in [-0.2, 0) is 24.2 Å². The van der Waals surface area contributed by atoms with Crippen LogP contribution in [0.4, 0.5) is 0 Å². The van der Waals surface area contributed by atoms with Crippen LogP contribution < -0.4 is 5.32 Å². The zero-order valence-electron chi connectivity index (χ0n) is 18.3. The highest BCUT2D eigenvalue weighted by molar-refractivity contribution is 7.13. The van der Waals surface area contributed by atoms with Crippen molar-refractivity contribution in [1.29, 1.82) is 0 Å². The molecular formula is C24H30N4O2S. The molecule has 0 spiro atoms. The number of amides is 1. The molecule has 31 heavy (non-hydrogen) atoms. The molecule has 1 unspecified atom stereocenters. The Balaban J connectivity index is 1.35. The smallest absolute Gasteiger partial charge is 0.257 e. The van der Waals surface area contributed by atoms with E-state index in [9.17, 15) is 4.79 Å². The Labute approximate surface area is 187 Å². The van der Waals surface area contributed by atoms with Gasteiger partial charge >= 0.3 is 0 Å². The van der Waals surface area contributed by atoms with Crippen molar-refractivity contribution in [3.05, 3.63) is 58.3 Å². The van der Waals surface area contributed by atoms with Crippen LogP contribution in [0.3, 0.4) is 0 Å². The molecule has 1 aliphatic carbocycles. The second-order valence-corrected chi connectivity index (χ2v) is 9.16. The lowest BCUT2D eigenvalue weighted by atomic mass is 9.89. The predicted octanol–water partition coefficient (Wildman–Crippen LogP) is 4.77. The molecule has 6 nitrogen and oxygen atoms in total. The number of nitrogens with zero attached hydrogens (tertiary/aromatic N) is 3. The normalized spacial score (nSPS) is 14.4. The van der Waals surface area contributed by atoms with Crippen LogP contribution >= 0.6 is 11.3 Å². The quantitative estimate of drug-likeness (QED) is 0.521. The SMILES string of the molecule is CCCN(CC(=O)NC(C)c1ccc2c(c1)CCCC2)Cc1nnc(-c2cccs2)o1. The Hall–Kier alpha value is -2.51. The number of benzene rings is 1. The third-order valence-corrected chi connectivity index (χ3v) is 6.57. The van der Waals surface area contributed by atoms with E-state index in [4.69, 9.17) is 4.42 Å². The van der Waals surface area contributed by atoms with Gasteiger partial charge in [-0.25, -0.2) is 0 Å². The topological polar surface area (TPSA) is 71.3 Å². The number of thiophene rings is 1. The molecule has 0 radical (unpaired) electrons. The molecule has 0 bridgehead atoms. The minimum Gasteiger partial charge on any atom is -0.419 e. The van der Waals surface area contributed by atoms with Crippen LogP contribution in [0.25, 0.3) is 10.8 Å². The van der Waals surface area contributed by atoms with E-state index < -0.39 is 0 Å². The Kier molecular flexibility index (Phi) is 7.14. The third kappa shape index (κ3) is 5.60. The summed E-state index contributed by atoms with van der Waals surface area (Å²) in [5.74, 6) is 1.08. The maximum absolute atomic E-state index is 12.8. The van der Waals surface area contributed by atoms with E-state index in [2.05, 4.69) is 52.5 Å². The predicted molar refractivity (Wildman–Crippen MR) is 123 cm³/mol. The van der Waals surface area contributed by atoms with Crippen LogP contribution in [0.2, 0.25) is 0 Å². The van der Waals surface area contributed by atoms with Gasteiger partial charge in [0.25, 0.3) is 5.89 Å². The fourth-order valence-electron chi connectivity index (χ4n) is 4.14. The zero-order valence-corrected chi connectivity index (χ0v) is 19.1. The molecule has 0 fully saturated rings. The first-order chi connectivity index (χ1) is 15.1. The van der Waals surface area contributed by atoms with E-state index >= 15 is 0 Å². The first kappa shape index (κ1) is 21.7. The molecule has 4 rings (SSSR count). The van der Waals surface area contributed by atoms with Crippen molar-refractivity contribution in [3.8, 4) is 10.8 Å². The maximum atomic E-state index is 12.8. The number of aromatic nitrogens is 2. The summed E-state index contributed by atoms with van der Waals surface area (Å²) in [5, 5.41) is 13.5. The van der Waals surface area contributed by atoms with Crippen molar-refractivity contribution in [2.24, 2.45) is 0 Å². The van der Waals surface area contributed by atoms with Crippen molar-refractivity contribution in [3.63, 3.8) is 0 Å². The van der Waals surface area contributed by atoms with Gasteiger partial charge in [0.15, 0.2) is 0 Å². The van der Waals surface area contributed by atoms with Gasteiger partial charge in [0.2, 0.25) is 11.8 Å². The van der Waals surface area contributed by atoms with Crippen LogP contribution in [0.5, 0.6) is 0 Å². The molecule has 7 heteroatoms. The lowest BCUT2D eigenvalue weighted by Gasteiger charge is -2.22. The summed E-state index contributed by atoms with van der Waals surface area (Å²) in [6, 6.07) is 10.6. The summed E-state index contributed by atoms with van der Waals surface area (Å²) in [4.78, 5) is 15.8. The number of fused-ring (bicyclic) bond motifs is 1. The number of carbonyl (C=O) groups is 1. The molecule has 3 aromatic rings. The van der Waals surface area contributed by atoms with Gasteiger partial charge < -0.3 is 9.73 Å². The molecular weight excluding hydrogens is 408 g/mol. The van der Waals surface area contributed by atoms with Gasteiger partial charge in [0.05, 0.1) is 24.0 Å². The van der Waals surface area contributed by atoms with Crippen LogP contribution in [0.15, 0.2) is 40.1 Å². The molecule has 0 saturated carbocycles. The van der Waals surface area contributed by atoms with Gasteiger partial charge in [-0.05, 0) is 73.7 Å². The maximum Gasteiger partial charge on any atom is 0.257 e. The minimum absolute atomic E-state index is 0.0108. The molecule has 1 atom stereocenters. The molecule has 1 N–H and O–H groups in total. The van der Waals surface area contributed by atoms with Crippen molar-refractivity contribution < 1.29 is 9.21 Å². The molecule has 0 saturated heterocycles. The summed E-state index contributed by atoms with van der Waals surface area (Å²) < 4.78 is 5.80. The van der Waals surface area contributed by atoms with Gasteiger partial charge in [-0.2, -0.15) is 0 Å². The van der Waals surface area contributed by atoms with E-state index in [0.29, 0.717) is 24.9 Å². The van der Waals surface area contributed by atoms with Gasteiger partial charge in [-0.1, -0.05) is 31.2 Å². The zero-order chi connectivity index (χ0) is 21.6. The lowest BCUT2D eigenvalue weighted by Crippen LogP contribution is -2.38. The van der Waals surface area contributed by atoms with E-state index in [1.54, 1.807) is 11.3 Å². The molecule has 0 aliphatic heterocycles. The minimum atomic E-state index is -0.0166. The summed E-state index contributed by atoms with van der Waals surface area (Å²) in [6.07, 6.45) is 5.80. The third-order valence-electron chi connectivity index (χ3n) is 5.71. The Morgan fingerprint density at radius 1 is 1.23 bits per heavy atom. The second kappa shape index (κ2) is 10.2. The molecule has 2 aromatic heterocycles. The number of rotatable bonds is 9. The summed E-state index contributed by atoms with van der Waals surface area (Å²) in [6.45, 7) is 5.72. The number of hydrogen-bond acceptors (Lipinski definition) is 6. The Morgan fingerprint density at radius 3 is 2.84 bits per heavy atom. The highest BCUT2D eigenvalue weighted by Crippen LogP contribution is 2.25.